The third kappa shape index (κ3) is 4.52. The number of benzene rings is 1. The van der Waals surface area contributed by atoms with Crippen LogP contribution in [0.25, 0.3) is 0 Å². The highest BCUT2D eigenvalue weighted by molar-refractivity contribution is 7.89. The molecular weight excluding hydrogens is 417 g/mol. The molecule has 1 amide bonds. The number of carbonyl (C=O) groups excluding carboxylic acids is 1. The minimum Gasteiger partial charge on any atom is -0.340 e. The Hall–Kier alpha value is -1.58. The number of halogens is 4. The highest BCUT2D eigenvalue weighted by atomic mass is 35.5. The number of carbonyl (C=O) groups is 1. The topological polar surface area (TPSA) is 57.7 Å². The van der Waals surface area contributed by atoms with Crippen molar-refractivity contribution < 1.29 is 26.4 Å². The Morgan fingerprint density at radius 3 is 2.43 bits per heavy atom. The summed E-state index contributed by atoms with van der Waals surface area (Å²) in [4.78, 5) is 13.5. The molecule has 0 radical (unpaired) electrons. The first-order chi connectivity index (χ1) is 13.1. The van der Waals surface area contributed by atoms with Gasteiger partial charge in [0, 0.05) is 32.6 Å². The summed E-state index contributed by atoms with van der Waals surface area (Å²) in [5, 5.41) is -0.553. The van der Waals surface area contributed by atoms with E-state index in [0.29, 0.717) is 12.5 Å². The number of piperazine rings is 1. The fourth-order valence-electron chi connectivity index (χ4n) is 3.43. The van der Waals surface area contributed by atoms with Gasteiger partial charge in [-0.2, -0.15) is 17.5 Å². The number of sulfonamides is 1. The smallest absolute Gasteiger partial charge is 0.340 e. The standard InChI is InChI=1S/C18H20ClF3N2O3S/c19-16-6-5-14(12-15(16)18(20,21)22)28(26,27)24-9-7-23(8-10-24)17(25)11-13-3-1-2-4-13/h1,3,5-6,12-13H,2,4,7-11H2/t13-/m0/s1. The van der Waals surface area contributed by atoms with Crippen LogP contribution in [0.15, 0.2) is 35.2 Å². The second-order valence-corrected chi connectivity index (χ2v) is 9.24. The van der Waals surface area contributed by atoms with Gasteiger partial charge in [-0.3, -0.25) is 4.79 Å². The van der Waals surface area contributed by atoms with Crippen molar-refractivity contribution in [2.75, 3.05) is 26.2 Å². The Morgan fingerprint density at radius 1 is 1.18 bits per heavy atom. The molecule has 1 saturated heterocycles. The van der Waals surface area contributed by atoms with Gasteiger partial charge in [-0.25, -0.2) is 8.42 Å². The zero-order valence-corrected chi connectivity index (χ0v) is 16.5. The third-order valence-electron chi connectivity index (χ3n) is 5.02. The summed E-state index contributed by atoms with van der Waals surface area (Å²) in [6, 6.07) is 2.56. The Morgan fingerprint density at radius 2 is 1.86 bits per heavy atom. The molecule has 0 saturated carbocycles. The molecule has 1 aromatic rings. The summed E-state index contributed by atoms with van der Waals surface area (Å²) in [7, 11) is -4.11. The summed E-state index contributed by atoms with van der Waals surface area (Å²) < 4.78 is 65.7. The lowest BCUT2D eigenvalue weighted by Crippen LogP contribution is -2.50. The van der Waals surface area contributed by atoms with Crippen molar-refractivity contribution in [2.45, 2.75) is 30.3 Å². The molecule has 28 heavy (non-hydrogen) atoms. The summed E-state index contributed by atoms with van der Waals surface area (Å²) in [5.41, 5.74) is -1.19. The van der Waals surface area contributed by atoms with Crippen LogP contribution in [0.4, 0.5) is 13.2 Å². The second-order valence-electron chi connectivity index (χ2n) is 6.89. The monoisotopic (exact) mass is 436 g/mol. The third-order valence-corrected chi connectivity index (χ3v) is 7.25. The molecule has 154 valence electrons. The maximum atomic E-state index is 13.0. The lowest BCUT2D eigenvalue weighted by molar-refractivity contribution is -0.137. The minimum atomic E-state index is -4.75. The van der Waals surface area contributed by atoms with Crippen molar-refractivity contribution >= 4 is 27.5 Å². The van der Waals surface area contributed by atoms with Crippen LogP contribution in [0.3, 0.4) is 0 Å². The number of hydrogen-bond donors (Lipinski definition) is 0. The Bertz CT molecular complexity index is 879. The van der Waals surface area contributed by atoms with Gasteiger partial charge in [-0.05, 0) is 37.0 Å². The van der Waals surface area contributed by atoms with Crippen LogP contribution in [-0.4, -0.2) is 49.7 Å². The molecule has 1 fully saturated rings. The SMILES string of the molecule is O=C(C[C@H]1C=CCC1)N1CCN(S(=O)(=O)c2ccc(Cl)c(C(F)(F)F)c2)CC1. The second kappa shape index (κ2) is 8.04. The fourth-order valence-corrected chi connectivity index (χ4v) is 5.10. The number of alkyl halides is 3. The van der Waals surface area contributed by atoms with E-state index < -0.39 is 31.7 Å². The summed E-state index contributed by atoms with van der Waals surface area (Å²) in [6.45, 7) is 0.513. The largest absolute Gasteiger partial charge is 0.417 e. The highest BCUT2D eigenvalue weighted by Gasteiger charge is 2.36. The van der Waals surface area contributed by atoms with Gasteiger partial charge in [-0.15, -0.1) is 0 Å². The lowest BCUT2D eigenvalue weighted by atomic mass is 10.0. The predicted octanol–water partition coefficient (Wildman–Crippen LogP) is 3.55. The van der Waals surface area contributed by atoms with E-state index in [2.05, 4.69) is 0 Å². The van der Waals surface area contributed by atoms with E-state index in [4.69, 9.17) is 11.6 Å². The number of amides is 1. The van der Waals surface area contributed by atoms with E-state index in [1.54, 1.807) is 4.90 Å². The average molecular weight is 437 g/mol. The first-order valence-electron chi connectivity index (χ1n) is 8.90. The zero-order chi connectivity index (χ0) is 20.5. The van der Waals surface area contributed by atoms with Crippen LogP contribution in [0.5, 0.6) is 0 Å². The molecule has 1 heterocycles. The summed E-state index contributed by atoms with van der Waals surface area (Å²) >= 11 is 5.56. The number of allylic oxidation sites excluding steroid dienone is 2. The molecule has 1 aliphatic carbocycles. The molecule has 5 nitrogen and oxygen atoms in total. The zero-order valence-electron chi connectivity index (χ0n) is 15.0. The summed E-state index contributed by atoms with van der Waals surface area (Å²) in [6.07, 6.45) is 1.63. The van der Waals surface area contributed by atoms with Crippen molar-refractivity contribution in [1.82, 2.24) is 9.21 Å². The molecule has 0 spiro atoms. The van der Waals surface area contributed by atoms with E-state index in [1.165, 1.54) is 0 Å². The molecule has 1 atom stereocenters. The van der Waals surface area contributed by atoms with E-state index in [0.717, 1.165) is 29.3 Å². The molecule has 0 aromatic heterocycles. The average Bonchev–Trinajstić information content (AvgIpc) is 3.14. The number of nitrogens with zero attached hydrogens (tertiary/aromatic N) is 2. The van der Waals surface area contributed by atoms with E-state index in [1.807, 2.05) is 12.2 Å². The quantitative estimate of drug-likeness (QED) is 0.678. The van der Waals surface area contributed by atoms with Crippen molar-refractivity contribution in [3.05, 3.63) is 40.9 Å². The summed E-state index contributed by atoms with van der Waals surface area (Å²) in [5.74, 6) is 0.198. The molecule has 0 N–H and O–H groups in total. The van der Waals surface area contributed by atoms with Crippen LogP contribution in [0.1, 0.15) is 24.8 Å². The van der Waals surface area contributed by atoms with Gasteiger partial charge in [0.25, 0.3) is 0 Å². The van der Waals surface area contributed by atoms with Crippen molar-refractivity contribution in [2.24, 2.45) is 5.92 Å². The normalized spacial score (nSPS) is 21.3. The van der Waals surface area contributed by atoms with Crippen molar-refractivity contribution in [1.29, 1.82) is 0 Å². The Labute approximate surface area is 166 Å². The van der Waals surface area contributed by atoms with Crippen LogP contribution in [0.2, 0.25) is 5.02 Å². The molecule has 3 rings (SSSR count). The van der Waals surface area contributed by atoms with Crippen LogP contribution in [-0.2, 0) is 21.0 Å². The number of hydrogen-bond acceptors (Lipinski definition) is 3. The fraction of sp³-hybridized carbons (Fsp3) is 0.500. The molecule has 2 aliphatic rings. The van der Waals surface area contributed by atoms with Crippen molar-refractivity contribution in [3.8, 4) is 0 Å². The molecule has 0 unspecified atom stereocenters. The molecule has 10 heteroatoms. The van der Waals surface area contributed by atoms with E-state index in [-0.39, 0.29) is 38.0 Å². The molecule has 0 bridgehead atoms. The van der Waals surface area contributed by atoms with Gasteiger partial charge in [0.15, 0.2) is 0 Å². The van der Waals surface area contributed by atoms with Gasteiger partial charge < -0.3 is 4.90 Å². The van der Waals surface area contributed by atoms with Crippen LogP contribution in [0, 0.1) is 5.92 Å². The number of rotatable bonds is 4. The molecule has 1 aromatic carbocycles. The minimum absolute atomic E-state index is 0.0283. The van der Waals surface area contributed by atoms with Crippen LogP contribution < -0.4 is 0 Å². The highest BCUT2D eigenvalue weighted by Crippen LogP contribution is 2.36. The lowest BCUT2D eigenvalue weighted by Gasteiger charge is -2.34. The molecular formula is C18H20ClF3N2O3S. The van der Waals surface area contributed by atoms with Gasteiger partial charge in [0.1, 0.15) is 0 Å². The van der Waals surface area contributed by atoms with Gasteiger partial charge in [-0.1, -0.05) is 23.8 Å². The van der Waals surface area contributed by atoms with E-state index >= 15 is 0 Å². The predicted molar refractivity (Wildman–Crippen MR) is 98.3 cm³/mol. The van der Waals surface area contributed by atoms with Gasteiger partial charge in [0.05, 0.1) is 15.5 Å². The van der Waals surface area contributed by atoms with Gasteiger partial charge >= 0.3 is 6.18 Å². The Kier molecular flexibility index (Phi) is 6.07. The van der Waals surface area contributed by atoms with Crippen molar-refractivity contribution in [3.63, 3.8) is 0 Å². The van der Waals surface area contributed by atoms with E-state index in [9.17, 15) is 26.4 Å². The maximum absolute atomic E-state index is 13.0. The van der Waals surface area contributed by atoms with Crippen LogP contribution >= 0.6 is 11.6 Å². The van der Waals surface area contributed by atoms with Gasteiger partial charge in [0.2, 0.25) is 15.9 Å². The molecule has 1 aliphatic heterocycles. The Balaban J connectivity index is 1.68. The first-order valence-corrected chi connectivity index (χ1v) is 10.7. The maximum Gasteiger partial charge on any atom is 0.417 e. The first kappa shape index (κ1) is 21.1.